The zero-order valence-corrected chi connectivity index (χ0v) is 20.6. The summed E-state index contributed by atoms with van der Waals surface area (Å²) in [5, 5.41) is 0. The summed E-state index contributed by atoms with van der Waals surface area (Å²) in [6, 6.07) is 0.608. The first-order valence-electron chi connectivity index (χ1n) is 13.4. The van der Waals surface area contributed by atoms with E-state index in [-0.39, 0.29) is 0 Å². The second kappa shape index (κ2) is 18.1. The Morgan fingerprint density at radius 2 is 1.00 bits per heavy atom. The summed E-state index contributed by atoms with van der Waals surface area (Å²) < 4.78 is 0. The van der Waals surface area contributed by atoms with Crippen LogP contribution in [0.1, 0.15) is 143 Å². The van der Waals surface area contributed by atoms with Gasteiger partial charge in [0, 0.05) is 25.0 Å². The van der Waals surface area contributed by atoms with E-state index in [0.29, 0.717) is 12.2 Å². The van der Waals surface area contributed by atoms with Crippen LogP contribution in [0.25, 0.3) is 0 Å². The van der Waals surface area contributed by atoms with E-state index in [2.05, 4.69) is 49.9 Å². The molecule has 0 aromatic rings. The maximum Gasteiger partial charge on any atom is 0.101 e. The Morgan fingerprint density at radius 1 is 0.586 bits per heavy atom. The van der Waals surface area contributed by atoms with Crippen molar-refractivity contribution in [3.05, 3.63) is 12.4 Å². The second-order valence-corrected chi connectivity index (χ2v) is 9.62. The molecule has 1 unspecified atom stereocenters. The molecule has 1 rings (SSSR count). The largest absolute Gasteiger partial charge is 0.356 e. The minimum Gasteiger partial charge on any atom is -0.356 e. The van der Waals surface area contributed by atoms with Crippen molar-refractivity contribution in [3.8, 4) is 0 Å². The fraction of sp³-hybridized carbons (Fsp3) is 0.926. The summed E-state index contributed by atoms with van der Waals surface area (Å²) in [6.45, 7) is 10.4. The van der Waals surface area contributed by atoms with Gasteiger partial charge in [-0.3, -0.25) is 0 Å². The van der Waals surface area contributed by atoms with Crippen LogP contribution < -0.4 is 0 Å². The molecule has 1 aliphatic heterocycles. The van der Waals surface area contributed by atoms with Crippen molar-refractivity contribution < 1.29 is 0 Å². The standard InChI is InChI=1S/C27H54N2/c1-5-7-8-9-10-11-12-13-14-15-16-17-18-19-20-21-22-23-28-24-25-29(26(3)4)27(28)6-2/h24-27H,5-23H2,1-4H3. The number of hydrogen-bond acceptors (Lipinski definition) is 2. The van der Waals surface area contributed by atoms with Crippen LogP contribution in [0.4, 0.5) is 0 Å². The lowest BCUT2D eigenvalue weighted by atomic mass is 10.0. The van der Waals surface area contributed by atoms with Crippen molar-refractivity contribution >= 4 is 0 Å². The second-order valence-electron chi connectivity index (χ2n) is 9.62. The zero-order valence-electron chi connectivity index (χ0n) is 20.6. The monoisotopic (exact) mass is 406 g/mol. The third-order valence-electron chi connectivity index (χ3n) is 6.64. The molecule has 0 saturated carbocycles. The summed E-state index contributed by atoms with van der Waals surface area (Å²) >= 11 is 0. The predicted molar refractivity (Wildman–Crippen MR) is 131 cm³/mol. The van der Waals surface area contributed by atoms with Gasteiger partial charge in [-0.1, -0.05) is 117 Å². The van der Waals surface area contributed by atoms with Crippen LogP contribution in [-0.2, 0) is 0 Å². The van der Waals surface area contributed by atoms with Gasteiger partial charge in [0.15, 0.2) is 0 Å². The van der Waals surface area contributed by atoms with Crippen LogP contribution in [0.3, 0.4) is 0 Å². The lowest BCUT2D eigenvalue weighted by Gasteiger charge is -2.34. The smallest absolute Gasteiger partial charge is 0.101 e. The third kappa shape index (κ3) is 12.6. The number of nitrogens with zero attached hydrogens (tertiary/aromatic N) is 2. The Hall–Kier alpha value is -0.660. The predicted octanol–water partition coefficient (Wildman–Crippen LogP) is 8.87. The molecule has 1 heterocycles. The SMILES string of the molecule is CCCCCCCCCCCCCCCCCCCN1C=CN(C(C)C)C1CC. The lowest BCUT2D eigenvalue weighted by molar-refractivity contribution is 0.121. The lowest BCUT2D eigenvalue weighted by Crippen LogP contribution is -2.41. The molecule has 0 aliphatic carbocycles. The van der Waals surface area contributed by atoms with Crippen LogP contribution in [0, 0.1) is 0 Å². The molecule has 29 heavy (non-hydrogen) atoms. The molecule has 0 aromatic heterocycles. The Morgan fingerprint density at radius 3 is 1.38 bits per heavy atom. The first-order valence-corrected chi connectivity index (χ1v) is 13.4. The summed E-state index contributed by atoms with van der Waals surface area (Å²) in [4.78, 5) is 5.07. The van der Waals surface area contributed by atoms with Crippen LogP contribution in [-0.4, -0.2) is 28.6 Å². The molecule has 172 valence electrons. The van der Waals surface area contributed by atoms with E-state index in [1.165, 1.54) is 122 Å². The number of hydrogen-bond donors (Lipinski definition) is 0. The highest BCUT2D eigenvalue weighted by Crippen LogP contribution is 2.22. The molecule has 0 radical (unpaired) electrons. The van der Waals surface area contributed by atoms with Gasteiger partial charge in [0.1, 0.15) is 6.17 Å². The van der Waals surface area contributed by atoms with Gasteiger partial charge in [0.25, 0.3) is 0 Å². The van der Waals surface area contributed by atoms with Gasteiger partial charge in [-0.2, -0.15) is 0 Å². The molecule has 0 saturated heterocycles. The molecule has 1 atom stereocenters. The Kier molecular flexibility index (Phi) is 16.5. The first-order chi connectivity index (χ1) is 14.2. The summed E-state index contributed by atoms with van der Waals surface area (Å²) in [5.41, 5.74) is 0. The first kappa shape index (κ1) is 26.4. The maximum absolute atomic E-state index is 2.56. The van der Waals surface area contributed by atoms with Crippen LogP contribution in [0.15, 0.2) is 12.4 Å². The van der Waals surface area contributed by atoms with E-state index < -0.39 is 0 Å². The van der Waals surface area contributed by atoms with Gasteiger partial charge < -0.3 is 9.80 Å². The molecule has 0 bridgehead atoms. The van der Waals surface area contributed by atoms with E-state index >= 15 is 0 Å². The number of unbranched alkanes of at least 4 members (excludes halogenated alkanes) is 16. The number of rotatable bonds is 20. The molecule has 0 fully saturated rings. The van der Waals surface area contributed by atoms with Gasteiger partial charge in [-0.15, -0.1) is 0 Å². The Bertz CT molecular complexity index is 377. The normalized spacial score (nSPS) is 16.5. The highest BCUT2D eigenvalue weighted by molar-refractivity contribution is 4.97. The molecule has 0 amide bonds. The average Bonchev–Trinajstić information content (AvgIpc) is 3.13. The molecule has 0 N–H and O–H groups in total. The fourth-order valence-electron chi connectivity index (χ4n) is 4.74. The highest BCUT2D eigenvalue weighted by Gasteiger charge is 2.25. The van der Waals surface area contributed by atoms with E-state index in [1.807, 2.05) is 0 Å². The van der Waals surface area contributed by atoms with Crippen LogP contribution in [0.2, 0.25) is 0 Å². The quantitative estimate of drug-likeness (QED) is 0.186. The molecule has 2 heteroatoms. The van der Waals surface area contributed by atoms with Crippen molar-refractivity contribution in [3.63, 3.8) is 0 Å². The molecule has 0 aromatic carbocycles. The van der Waals surface area contributed by atoms with E-state index in [1.54, 1.807) is 0 Å². The average molecular weight is 407 g/mol. The maximum atomic E-state index is 2.56. The van der Waals surface area contributed by atoms with Gasteiger partial charge in [-0.25, -0.2) is 0 Å². The van der Waals surface area contributed by atoms with Crippen molar-refractivity contribution in [2.45, 2.75) is 155 Å². The molecule has 2 nitrogen and oxygen atoms in total. The van der Waals surface area contributed by atoms with Crippen LogP contribution in [0.5, 0.6) is 0 Å². The highest BCUT2D eigenvalue weighted by atomic mass is 15.4. The molecular weight excluding hydrogens is 352 g/mol. The molecule has 1 aliphatic rings. The van der Waals surface area contributed by atoms with Gasteiger partial charge in [0.05, 0.1) is 0 Å². The summed E-state index contributed by atoms with van der Waals surface area (Å²) in [6.07, 6.45) is 31.0. The Labute approximate surface area is 184 Å². The molecule has 0 spiro atoms. The van der Waals surface area contributed by atoms with Crippen molar-refractivity contribution in [2.75, 3.05) is 6.54 Å². The van der Waals surface area contributed by atoms with Crippen molar-refractivity contribution in [1.29, 1.82) is 0 Å². The zero-order chi connectivity index (χ0) is 21.2. The summed E-state index contributed by atoms with van der Waals surface area (Å²) in [5.74, 6) is 0. The van der Waals surface area contributed by atoms with E-state index in [4.69, 9.17) is 0 Å². The van der Waals surface area contributed by atoms with E-state index in [0.717, 1.165) is 0 Å². The van der Waals surface area contributed by atoms with Crippen molar-refractivity contribution in [2.24, 2.45) is 0 Å². The van der Waals surface area contributed by atoms with Crippen molar-refractivity contribution in [1.82, 2.24) is 9.80 Å². The minimum absolute atomic E-state index is 0.594. The third-order valence-corrected chi connectivity index (χ3v) is 6.64. The Balaban J connectivity index is 1.81. The van der Waals surface area contributed by atoms with E-state index in [9.17, 15) is 0 Å². The minimum atomic E-state index is 0.594. The molecular formula is C27H54N2. The van der Waals surface area contributed by atoms with Gasteiger partial charge in [-0.05, 0) is 26.7 Å². The van der Waals surface area contributed by atoms with Gasteiger partial charge >= 0.3 is 0 Å². The topological polar surface area (TPSA) is 6.48 Å². The summed E-state index contributed by atoms with van der Waals surface area (Å²) in [7, 11) is 0. The van der Waals surface area contributed by atoms with Crippen LogP contribution >= 0.6 is 0 Å². The fourth-order valence-corrected chi connectivity index (χ4v) is 4.74. The van der Waals surface area contributed by atoms with Gasteiger partial charge in [0.2, 0.25) is 0 Å².